The maximum Gasteiger partial charge on any atom is 0.311 e. The molecule has 9 heteroatoms. The predicted octanol–water partition coefficient (Wildman–Crippen LogP) is 2.75. The number of hydrogen-bond donors (Lipinski definition) is 1. The van der Waals surface area contributed by atoms with Gasteiger partial charge in [-0.3, -0.25) is 24.5 Å². The molecule has 0 radical (unpaired) electrons. The van der Waals surface area contributed by atoms with Crippen LogP contribution in [0.1, 0.15) is 17.5 Å². The molecule has 9 nitrogen and oxygen atoms in total. The Hall–Kier alpha value is -3.75. The quantitative estimate of drug-likeness (QED) is 0.443. The van der Waals surface area contributed by atoms with E-state index in [2.05, 4.69) is 5.32 Å². The van der Waals surface area contributed by atoms with Crippen LogP contribution in [0.15, 0.2) is 42.5 Å². The first-order chi connectivity index (χ1) is 14.3. The molecule has 1 aliphatic rings. The lowest BCUT2D eigenvalue weighted by atomic mass is 10.1. The van der Waals surface area contributed by atoms with Crippen molar-refractivity contribution in [2.24, 2.45) is 5.92 Å². The van der Waals surface area contributed by atoms with Crippen LogP contribution in [0.2, 0.25) is 0 Å². The van der Waals surface area contributed by atoms with Crippen LogP contribution in [0.5, 0.6) is 0 Å². The highest BCUT2D eigenvalue weighted by molar-refractivity contribution is 6.00. The average molecular weight is 411 g/mol. The van der Waals surface area contributed by atoms with Gasteiger partial charge < -0.3 is 15.0 Å². The maximum atomic E-state index is 12.3. The Morgan fingerprint density at radius 1 is 1.17 bits per heavy atom. The highest BCUT2D eigenvalue weighted by Crippen LogP contribution is 2.27. The fraction of sp³-hybridized carbons (Fsp3) is 0.286. The number of nitrogens with zero attached hydrogens (tertiary/aromatic N) is 2. The lowest BCUT2D eigenvalue weighted by molar-refractivity contribution is -0.384. The first-order valence-corrected chi connectivity index (χ1v) is 9.34. The van der Waals surface area contributed by atoms with Crippen LogP contribution >= 0.6 is 0 Å². The molecule has 156 valence electrons. The van der Waals surface area contributed by atoms with Gasteiger partial charge in [-0.2, -0.15) is 0 Å². The van der Waals surface area contributed by atoms with E-state index < -0.39 is 29.3 Å². The van der Waals surface area contributed by atoms with E-state index in [1.807, 2.05) is 32.0 Å². The predicted molar refractivity (Wildman–Crippen MR) is 109 cm³/mol. The Morgan fingerprint density at radius 2 is 1.80 bits per heavy atom. The minimum absolute atomic E-state index is 0.0473. The third kappa shape index (κ3) is 4.62. The van der Waals surface area contributed by atoms with Crippen molar-refractivity contribution in [2.45, 2.75) is 20.3 Å². The number of anilines is 2. The number of benzene rings is 2. The molecule has 0 unspecified atom stereocenters. The van der Waals surface area contributed by atoms with Crippen molar-refractivity contribution in [3.05, 3.63) is 63.7 Å². The second-order valence-electron chi connectivity index (χ2n) is 7.10. The van der Waals surface area contributed by atoms with Crippen molar-refractivity contribution < 1.29 is 24.0 Å². The summed E-state index contributed by atoms with van der Waals surface area (Å²) in [6, 6.07) is 11.1. The Labute approximate surface area is 172 Å². The monoisotopic (exact) mass is 411 g/mol. The van der Waals surface area contributed by atoms with Crippen LogP contribution in [0.4, 0.5) is 17.1 Å². The number of hydrogen-bond acceptors (Lipinski definition) is 6. The lowest BCUT2D eigenvalue weighted by Gasteiger charge is -2.16. The number of nitro benzene ring substituents is 1. The van der Waals surface area contributed by atoms with Gasteiger partial charge in [-0.25, -0.2) is 0 Å². The molecule has 1 saturated heterocycles. The summed E-state index contributed by atoms with van der Waals surface area (Å²) in [5, 5.41) is 13.5. The zero-order chi connectivity index (χ0) is 21.8. The summed E-state index contributed by atoms with van der Waals surface area (Å²) < 4.78 is 5.10. The number of non-ortho nitro benzene ring substituents is 1. The molecular weight excluding hydrogens is 390 g/mol. The summed E-state index contributed by atoms with van der Waals surface area (Å²) in [6.45, 7) is 3.37. The van der Waals surface area contributed by atoms with E-state index in [9.17, 15) is 24.5 Å². The molecule has 1 heterocycles. The van der Waals surface area contributed by atoms with Crippen molar-refractivity contribution in [3.8, 4) is 0 Å². The summed E-state index contributed by atoms with van der Waals surface area (Å²) in [7, 11) is 0. The van der Waals surface area contributed by atoms with Gasteiger partial charge in [0.2, 0.25) is 5.91 Å². The topological polar surface area (TPSA) is 119 Å². The number of ether oxygens (including phenoxy) is 1. The number of nitro groups is 1. The van der Waals surface area contributed by atoms with E-state index in [4.69, 9.17) is 4.74 Å². The van der Waals surface area contributed by atoms with E-state index in [0.717, 1.165) is 11.1 Å². The molecule has 2 aromatic rings. The van der Waals surface area contributed by atoms with Gasteiger partial charge in [-0.05, 0) is 37.1 Å². The van der Waals surface area contributed by atoms with E-state index in [-0.39, 0.29) is 24.6 Å². The molecule has 3 rings (SSSR count). The zero-order valence-corrected chi connectivity index (χ0v) is 16.6. The molecule has 0 aromatic heterocycles. The standard InChI is InChI=1S/C21H21N3O6/c1-13-4-3-5-14(2)20(13)22-18(25)12-30-21(27)15-10-19(26)23(11-15)16-6-8-17(9-7-16)24(28)29/h3-9,15H,10-12H2,1-2H3,(H,22,25)/t15-/m1/s1. The van der Waals surface area contributed by atoms with Crippen molar-refractivity contribution in [3.63, 3.8) is 0 Å². The summed E-state index contributed by atoms with van der Waals surface area (Å²) >= 11 is 0. The van der Waals surface area contributed by atoms with E-state index in [1.54, 1.807) is 0 Å². The van der Waals surface area contributed by atoms with Crippen LogP contribution in [0.25, 0.3) is 0 Å². The number of aryl methyl sites for hydroxylation is 2. The van der Waals surface area contributed by atoms with Crippen molar-refractivity contribution in [1.82, 2.24) is 0 Å². The van der Waals surface area contributed by atoms with E-state index in [0.29, 0.717) is 11.4 Å². The number of nitrogens with one attached hydrogen (secondary N) is 1. The van der Waals surface area contributed by atoms with Crippen LogP contribution < -0.4 is 10.2 Å². The van der Waals surface area contributed by atoms with Gasteiger partial charge in [0.05, 0.1) is 10.8 Å². The van der Waals surface area contributed by atoms with E-state index >= 15 is 0 Å². The van der Waals surface area contributed by atoms with Crippen molar-refractivity contribution in [2.75, 3.05) is 23.4 Å². The Bertz CT molecular complexity index is 982. The maximum absolute atomic E-state index is 12.3. The third-order valence-electron chi connectivity index (χ3n) is 4.92. The van der Waals surface area contributed by atoms with Gasteiger partial charge in [0.25, 0.3) is 11.6 Å². The normalized spacial score (nSPS) is 15.7. The Balaban J connectivity index is 1.55. The summed E-state index contributed by atoms with van der Waals surface area (Å²) in [4.78, 5) is 48.4. The summed E-state index contributed by atoms with van der Waals surface area (Å²) in [5.74, 6) is -2.09. The molecule has 0 aliphatic carbocycles. The van der Waals surface area contributed by atoms with E-state index in [1.165, 1.54) is 29.2 Å². The number of amides is 2. The molecule has 1 N–H and O–H groups in total. The fourth-order valence-corrected chi connectivity index (χ4v) is 3.31. The fourth-order valence-electron chi connectivity index (χ4n) is 3.31. The highest BCUT2D eigenvalue weighted by Gasteiger charge is 2.36. The smallest absolute Gasteiger partial charge is 0.311 e. The van der Waals surface area contributed by atoms with Crippen LogP contribution in [0.3, 0.4) is 0 Å². The van der Waals surface area contributed by atoms with Crippen LogP contribution in [-0.2, 0) is 19.1 Å². The van der Waals surface area contributed by atoms with Gasteiger partial charge in [0, 0.05) is 36.5 Å². The van der Waals surface area contributed by atoms with Gasteiger partial charge in [-0.1, -0.05) is 18.2 Å². The molecule has 1 fully saturated rings. The van der Waals surface area contributed by atoms with Gasteiger partial charge in [0.15, 0.2) is 6.61 Å². The SMILES string of the molecule is Cc1cccc(C)c1NC(=O)COC(=O)[C@@H]1CC(=O)N(c2ccc([N+](=O)[O-])cc2)C1. The Morgan fingerprint density at radius 3 is 2.40 bits per heavy atom. The number of carbonyl (C=O) groups is 3. The summed E-state index contributed by atoms with van der Waals surface area (Å²) in [5.41, 5.74) is 2.86. The summed E-state index contributed by atoms with van der Waals surface area (Å²) in [6.07, 6.45) is -0.0473. The number of carbonyl (C=O) groups excluding carboxylic acids is 3. The van der Waals surface area contributed by atoms with Gasteiger partial charge in [-0.15, -0.1) is 0 Å². The van der Waals surface area contributed by atoms with Crippen molar-refractivity contribution >= 4 is 34.8 Å². The third-order valence-corrected chi connectivity index (χ3v) is 4.92. The minimum atomic E-state index is -0.708. The zero-order valence-electron chi connectivity index (χ0n) is 16.6. The molecule has 2 aromatic carbocycles. The second kappa shape index (κ2) is 8.73. The molecule has 0 saturated carbocycles. The van der Waals surface area contributed by atoms with Crippen molar-refractivity contribution in [1.29, 1.82) is 0 Å². The lowest BCUT2D eigenvalue weighted by Crippen LogP contribution is -2.28. The molecular formula is C21H21N3O6. The molecule has 1 atom stereocenters. The average Bonchev–Trinajstić information content (AvgIpc) is 3.11. The molecule has 30 heavy (non-hydrogen) atoms. The Kier molecular flexibility index (Phi) is 6.10. The molecule has 2 amide bonds. The number of para-hydroxylation sites is 1. The molecule has 0 spiro atoms. The number of esters is 1. The number of rotatable bonds is 6. The molecule has 0 bridgehead atoms. The van der Waals surface area contributed by atoms with Gasteiger partial charge in [0.1, 0.15) is 0 Å². The first-order valence-electron chi connectivity index (χ1n) is 9.34. The first kappa shape index (κ1) is 21.0. The van der Waals surface area contributed by atoms with Crippen LogP contribution in [-0.4, -0.2) is 35.9 Å². The molecule has 1 aliphatic heterocycles. The van der Waals surface area contributed by atoms with Gasteiger partial charge >= 0.3 is 5.97 Å². The second-order valence-corrected chi connectivity index (χ2v) is 7.10. The highest BCUT2D eigenvalue weighted by atomic mass is 16.6. The minimum Gasteiger partial charge on any atom is -0.455 e. The largest absolute Gasteiger partial charge is 0.455 e. The van der Waals surface area contributed by atoms with Crippen LogP contribution in [0, 0.1) is 29.9 Å².